The van der Waals surface area contributed by atoms with E-state index in [-0.39, 0.29) is 0 Å². The Hall–Kier alpha value is -2.20. The fourth-order valence-electron chi connectivity index (χ4n) is 2.73. The van der Waals surface area contributed by atoms with Gasteiger partial charge >= 0.3 is 7.60 Å². The molecule has 0 atom stereocenters. The number of para-hydroxylation sites is 1. The fraction of sp³-hybridized carbons (Fsp3) is 0.211. The first kappa shape index (κ1) is 17.6. The molecule has 0 radical (unpaired) electrons. The van der Waals surface area contributed by atoms with E-state index in [2.05, 4.69) is 16.0 Å². The van der Waals surface area contributed by atoms with Crippen molar-refractivity contribution >= 4 is 29.9 Å². The largest absolute Gasteiger partial charge is 0.341 e. The van der Waals surface area contributed by atoms with Crippen molar-refractivity contribution in [2.45, 2.75) is 0 Å². The van der Waals surface area contributed by atoms with Crippen LogP contribution in [0.5, 0.6) is 0 Å². The fourth-order valence-corrected chi connectivity index (χ4v) is 3.68. The Bertz CT molecular complexity index is 878. The third kappa shape index (κ3) is 4.07. The predicted octanol–water partition coefficient (Wildman–Crippen LogP) is 4.86. The third-order valence-electron chi connectivity index (χ3n) is 4.12. The van der Waals surface area contributed by atoms with Gasteiger partial charge in [-0.1, -0.05) is 24.3 Å². The van der Waals surface area contributed by atoms with E-state index in [4.69, 9.17) is 9.05 Å². The molecule has 0 unspecified atom stereocenters. The molecule has 130 valence electrons. The average molecular weight is 356 g/mol. The topological polar surface area (TPSA) is 51.7 Å². The predicted molar refractivity (Wildman–Crippen MR) is 102 cm³/mol. The maximum Gasteiger partial charge on any atom is 0.331 e. The van der Waals surface area contributed by atoms with Crippen LogP contribution >= 0.6 is 7.60 Å². The molecule has 1 aromatic heterocycles. The molecule has 0 fully saturated rings. The molecule has 2 aromatic carbocycles. The van der Waals surface area contributed by atoms with Gasteiger partial charge in [-0.2, -0.15) is 0 Å². The number of anilines is 2. The molecule has 0 saturated heterocycles. The first-order valence-electron chi connectivity index (χ1n) is 8.03. The summed E-state index contributed by atoms with van der Waals surface area (Å²) >= 11 is 0. The number of benzene rings is 2. The molecule has 0 N–H and O–H groups in total. The summed E-state index contributed by atoms with van der Waals surface area (Å²) in [4.78, 5) is 6.47. The molecule has 1 heterocycles. The van der Waals surface area contributed by atoms with Gasteiger partial charge in [-0.15, -0.1) is 0 Å². The lowest BCUT2D eigenvalue weighted by Crippen LogP contribution is -2.21. The van der Waals surface area contributed by atoms with Crippen LogP contribution in [0.25, 0.3) is 10.9 Å². The van der Waals surface area contributed by atoms with Crippen molar-refractivity contribution in [2.24, 2.45) is 0 Å². The Labute approximate surface area is 147 Å². The highest BCUT2D eigenvalue weighted by molar-refractivity contribution is 7.53. The van der Waals surface area contributed by atoms with Gasteiger partial charge in [0.15, 0.2) is 0 Å². The molecule has 0 amide bonds. The normalized spacial score (nSPS) is 11.6. The van der Waals surface area contributed by atoms with Crippen molar-refractivity contribution in [2.75, 3.05) is 31.8 Å². The quantitative estimate of drug-likeness (QED) is 0.566. The number of aromatic nitrogens is 1. The van der Waals surface area contributed by atoms with E-state index in [0.717, 1.165) is 22.3 Å². The van der Waals surface area contributed by atoms with Crippen LogP contribution in [0.3, 0.4) is 0 Å². The molecule has 5 nitrogen and oxygen atoms in total. The van der Waals surface area contributed by atoms with Crippen molar-refractivity contribution in [1.29, 1.82) is 0 Å². The number of hydrogen-bond donors (Lipinski definition) is 0. The first-order valence-corrected chi connectivity index (χ1v) is 9.76. The van der Waals surface area contributed by atoms with Crippen molar-refractivity contribution in [1.82, 2.24) is 4.98 Å². The molecule has 3 rings (SSSR count). The van der Waals surface area contributed by atoms with Crippen LogP contribution in [0.4, 0.5) is 11.4 Å². The maximum absolute atomic E-state index is 12.4. The van der Waals surface area contributed by atoms with Crippen LogP contribution in [-0.2, 0) is 13.6 Å². The van der Waals surface area contributed by atoms with Crippen LogP contribution < -0.4 is 4.90 Å². The van der Waals surface area contributed by atoms with Crippen LogP contribution in [0.2, 0.25) is 0 Å². The van der Waals surface area contributed by atoms with Gasteiger partial charge in [0.1, 0.15) is 0 Å². The van der Waals surface area contributed by atoms with Gasteiger partial charge in [0.2, 0.25) is 0 Å². The van der Waals surface area contributed by atoms with Crippen molar-refractivity contribution in [3.05, 3.63) is 66.9 Å². The summed E-state index contributed by atoms with van der Waals surface area (Å²) in [6.07, 6.45) is 2.07. The summed E-state index contributed by atoms with van der Waals surface area (Å²) in [6, 6.07) is 20.0. The van der Waals surface area contributed by atoms with E-state index in [1.165, 1.54) is 14.2 Å². The minimum Gasteiger partial charge on any atom is -0.341 e. The smallest absolute Gasteiger partial charge is 0.331 e. The monoisotopic (exact) mass is 356 g/mol. The van der Waals surface area contributed by atoms with Crippen LogP contribution in [0.15, 0.2) is 66.9 Å². The lowest BCUT2D eigenvalue weighted by molar-refractivity contribution is 0.276. The molecular formula is C19H21N2O3P. The molecule has 0 spiro atoms. The Morgan fingerprint density at radius 2 is 1.72 bits per heavy atom. The van der Waals surface area contributed by atoms with Gasteiger partial charge in [0.25, 0.3) is 0 Å². The molecule has 0 aliphatic rings. The SMILES string of the molecule is COP(=O)(CCN(c1ccccc1)c1ccc2ncccc2c1)OC. The first-order chi connectivity index (χ1) is 12.1. The lowest BCUT2D eigenvalue weighted by atomic mass is 10.1. The Morgan fingerprint density at radius 3 is 2.44 bits per heavy atom. The van der Waals surface area contributed by atoms with Crippen molar-refractivity contribution < 1.29 is 13.6 Å². The molecular weight excluding hydrogens is 335 g/mol. The van der Waals surface area contributed by atoms with Crippen molar-refractivity contribution in [3.8, 4) is 0 Å². The van der Waals surface area contributed by atoms with Gasteiger partial charge in [0, 0.05) is 43.7 Å². The molecule has 6 heteroatoms. The van der Waals surface area contributed by atoms with Crippen molar-refractivity contribution in [3.63, 3.8) is 0 Å². The Morgan fingerprint density at radius 1 is 0.960 bits per heavy atom. The molecule has 0 aliphatic heterocycles. The van der Waals surface area contributed by atoms with E-state index in [1.807, 2.05) is 54.6 Å². The molecule has 0 aliphatic carbocycles. The minimum absolute atomic E-state index is 0.292. The highest BCUT2D eigenvalue weighted by atomic mass is 31.2. The van der Waals surface area contributed by atoms with Gasteiger partial charge < -0.3 is 13.9 Å². The van der Waals surface area contributed by atoms with E-state index in [9.17, 15) is 4.57 Å². The third-order valence-corrected chi connectivity index (χ3v) is 5.98. The van der Waals surface area contributed by atoms with E-state index in [1.54, 1.807) is 6.20 Å². The Balaban J connectivity index is 1.96. The number of fused-ring (bicyclic) bond motifs is 1. The van der Waals surface area contributed by atoms with Gasteiger partial charge in [-0.3, -0.25) is 9.55 Å². The summed E-state index contributed by atoms with van der Waals surface area (Å²) in [5, 5.41) is 1.06. The number of rotatable bonds is 7. The van der Waals surface area contributed by atoms with Gasteiger partial charge in [0.05, 0.1) is 11.7 Å². The summed E-state index contributed by atoms with van der Waals surface area (Å²) in [6.45, 7) is 0.509. The second-order valence-corrected chi connectivity index (χ2v) is 7.97. The van der Waals surface area contributed by atoms with E-state index < -0.39 is 7.60 Å². The summed E-state index contributed by atoms with van der Waals surface area (Å²) in [5.41, 5.74) is 2.97. The zero-order valence-electron chi connectivity index (χ0n) is 14.3. The standard InChI is InChI=1S/C19H21N2O3P/c1-23-25(22,24-2)14-13-21(17-8-4-3-5-9-17)18-10-11-19-16(15-18)7-6-12-20-19/h3-12,15H,13-14H2,1-2H3. The summed E-state index contributed by atoms with van der Waals surface area (Å²) < 4.78 is 22.6. The van der Waals surface area contributed by atoms with Gasteiger partial charge in [-0.05, 0) is 36.4 Å². The lowest BCUT2D eigenvalue weighted by Gasteiger charge is -2.26. The molecule has 25 heavy (non-hydrogen) atoms. The van der Waals surface area contributed by atoms with Crippen LogP contribution in [0, 0.1) is 0 Å². The second kappa shape index (κ2) is 7.79. The minimum atomic E-state index is -3.08. The number of pyridine rings is 1. The Kier molecular flexibility index (Phi) is 5.49. The number of hydrogen-bond acceptors (Lipinski definition) is 5. The van der Waals surface area contributed by atoms with E-state index in [0.29, 0.717) is 12.7 Å². The molecule has 3 aromatic rings. The highest BCUT2D eigenvalue weighted by Crippen LogP contribution is 2.46. The number of nitrogens with zero attached hydrogens (tertiary/aromatic N) is 2. The van der Waals surface area contributed by atoms with Crippen LogP contribution in [0.1, 0.15) is 0 Å². The zero-order chi connectivity index (χ0) is 17.7. The van der Waals surface area contributed by atoms with Crippen LogP contribution in [-0.4, -0.2) is 31.9 Å². The second-order valence-electron chi connectivity index (χ2n) is 5.57. The average Bonchev–Trinajstić information content (AvgIpc) is 2.68. The summed E-state index contributed by atoms with van der Waals surface area (Å²) in [5.74, 6) is 0. The van der Waals surface area contributed by atoms with E-state index >= 15 is 0 Å². The maximum atomic E-state index is 12.4. The van der Waals surface area contributed by atoms with Gasteiger partial charge in [-0.25, -0.2) is 0 Å². The molecule has 0 saturated carbocycles. The summed E-state index contributed by atoms with van der Waals surface area (Å²) in [7, 11) is -0.247. The molecule has 0 bridgehead atoms. The zero-order valence-corrected chi connectivity index (χ0v) is 15.2. The highest BCUT2D eigenvalue weighted by Gasteiger charge is 2.23.